The van der Waals surface area contributed by atoms with E-state index in [-0.39, 0.29) is 13.0 Å². The smallest absolute Gasteiger partial charge is 0.181 e. The van der Waals surface area contributed by atoms with Crippen LogP contribution in [0.5, 0.6) is 0 Å². The lowest BCUT2D eigenvalue weighted by Crippen LogP contribution is -2.18. The average Bonchev–Trinajstić information content (AvgIpc) is 2.39. The van der Waals surface area contributed by atoms with Gasteiger partial charge in [0, 0.05) is 11.6 Å². The summed E-state index contributed by atoms with van der Waals surface area (Å²) in [4.78, 5) is 0.366. The predicted molar refractivity (Wildman–Crippen MR) is 57.8 cm³/mol. The number of hydrogen-bond donors (Lipinski definition) is 1. The summed E-state index contributed by atoms with van der Waals surface area (Å²) in [5.41, 5.74) is 0.765. The highest BCUT2D eigenvalue weighted by Gasteiger charge is 2.36. The maximum atomic E-state index is 11.9. The SMILES string of the molecule is O=S1(=O)c2ccc(Cl)cc2CC1CCO. The van der Waals surface area contributed by atoms with Crippen molar-refractivity contribution in [3.8, 4) is 0 Å². The number of sulfone groups is 1. The van der Waals surface area contributed by atoms with Crippen molar-refractivity contribution in [3.05, 3.63) is 28.8 Å². The van der Waals surface area contributed by atoms with Crippen molar-refractivity contribution >= 4 is 21.4 Å². The van der Waals surface area contributed by atoms with Crippen LogP contribution in [0.1, 0.15) is 12.0 Å². The first kappa shape index (κ1) is 10.9. The molecule has 1 N–H and O–H groups in total. The summed E-state index contributed by atoms with van der Waals surface area (Å²) < 4.78 is 23.9. The van der Waals surface area contributed by atoms with E-state index in [0.717, 1.165) is 5.56 Å². The van der Waals surface area contributed by atoms with Crippen LogP contribution in [-0.4, -0.2) is 25.4 Å². The molecule has 82 valence electrons. The molecule has 0 saturated carbocycles. The number of hydrogen-bond acceptors (Lipinski definition) is 3. The van der Waals surface area contributed by atoms with Crippen molar-refractivity contribution < 1.29 is 13.5 Å². The molecule has 1 unspecified atom stereocenters. The maximum absolute atomic E-state index is 11.9. The van der Waals surface area contributed by atoms with Crippen LogP contribution < -0.4 is 0 Å². The molecule has 3 nitrogen and oxygen atoms in total. The molecular formula is C10H11ClO3S. The lowest BCUT2D eigenvalue weighted by molar-refractivity contribution is 0.285. The van der Waals surface area contributed by atoms with Crippen molar-refractivity contribution in [2.45, 2.75) is 23.0 Å². The van der Waals surface area contributed by atoms with Crippen LogP contribution in [0.25, 0.3) is 0 Å². The summed E-state index contributed by atoms with van der Waals surface area (Å²) >= 11 is 5.80. The Bertz CT molecular complexity index is 481. The van der Waals surface area contributed by atoms with Crippen LogP contribution >= 0.6 is 11.6 Å². The van der Waals surface area contributed by atoms with Crippen LogP contribution in [-0.2, 0) is 16.3 Å². The van der Waals surface area contributed by atoms with E-state index in [1.165, 1.54) is 0 Å². The van der Waals surface area contributed by atoms with Gasteiger partial charge >= 0.3 is 0 Å². The molecule has 1 atom stereocenters. The third-order valence-corrected chi connectivity index (χ3v) is 5.19. The number of rotatable bonds is 2. The van der Waals surface area contributed by atoms with Crippen LogP contribution in [0.2, 0.25) is 5.02 Å². The van der Waals surface area contributed by atoms with Crippen molar-refractivity contribution in [3.63, 3.8) is 0 Å². The number of benzene rings is 1. The molecule has 2 rings (SSSR count). The Morgan fingerprint density at radius 3 is 2.87 bits per heavy atom. The maximum Gasteiger partial charge on any atom is 0.181 e. The van der Waals surface area contributed by atoms with Gasteiger partial charge in [0.1, 0.15) is 0 Å². The highest BCUT2D eigenvalue weighted by Crippen LogP contribution is 2.34. The van der Waals surface area contributed by atoms with Crippen LogP contribution in [0.15, 0.2) is 23.1 Å². The zero-order valence-corrected chi connectivity index (χ0v) is 9.55. The quantitative estimate of drug-likeness (QED) is 0.859. The van der Waals surface area contributed by atoms with Crippen molar-refractivity contribution in [2.75, 3.05) is 6.61 Å². The van der Waals surface area contributed by atoms with Gasteiger partial charge in [-0.25, -0.2) is 8.42 Å². The van der Waals surface area contributed by atoms with Gasteiger partial charge in [-0.3, -0.25) is 0 Å². The standard InChI is InChI=1S/C10H11ClO3S/c11-8-1-2-10-7(5-8)6-9(3-4-12)15(10,13)14/h1-2,5,9,12H,3-4,6H2. The molecule has 5 heteroatoms. The van der Waals surface area contributed by atoms with E-state index in [2.05, 4.69) is 0 Å². The zero-order valence-electron chi connectivity index (χ0n) is 7.98. The first-order valence-corrected chi connectivity index (χ1v) is 6.61. The fourth-order valence-corrected chi connectivity index (χ4v) is 4.05. The molecule has 1 heterocycles. The van der Waals surface area contributed by atoms with Gasteiger partial charge < -0.3 is 5.11 Å². The van der Waals surface area contributed by atoms with Crippen molar-refractivity contribution in [1.82, 2.24) is 0 Å². The second-order valence-electron chi connectivity index (χ2n) is 3.64. The molecule has 1 aliphatic heterocycles. The summed E-state index contributed by atoms with van der Waals surface area (Å²) in [6.07, 6.45) is 0.743. The fraction of sp³-hybridized carbons (Fsp3) is 0.400. The topological polar surface area (TPSA) is 54.4 Å². The van der Waals surface area contributed by atoms with Gasteiger partial charge in [0.25, 0.3) is 0 Å². The van der Waals surface area contributed by atoms with E-state index in [9.17, 15) is 8.42 Å². The Morgan fingerprint density at radius 1 is 1.47 bits per heavy atom. The minimum atomic E-state index is -3.24. The average molecular weight is 247 g/mol. The summed E-state index contributed by atoms with van der Waals surface area (Å²) in [5.74, 6) is 0. The highest BCUT2D eigenvalue weighted by molar-refractivity contribution is 7.92. The molecule has 1 aliphatic rings. The largest absolute Gasteiger partial charge is 0.396 e. The molecule has 0 radical (unpaired) electrons. The van der Waals surface area contributed by atoms with Crippen LogP contribution in [0.4, 0.5) is 0 Å². The van der Waals surface area contributed by atoms with Gasteiger partial charge in [0.05, 0.1) is 10.1 Å². The Hall–Kier alpha value is -0.580. The second kappa shape index (κ2) is 3.77. The fourth-order valence-electron chi connectivity index (χ4n) is 1.92. The Kier molecular flexibility index (Phi) is 2.75. The van der Waals surface area contributed by atoms with E-state index in [0.29, 0.717) is 16.3 Å². The molecule has 0 fully saturated rings. The third kappa shape index (κ3) is 1.77. The summed E-state index contributed by atoms with van der Waals surface area (Å²) in [6.45, 7) is -0.106. The van der Waals surface area contributed by atoms with E-state index < -0.39 is 15.1 Å². The van der Waals surface area contributed by atoms with Crippen LogP contribution in [0.3, 0.4) is 0 Å². The molecule has 0 amide bonds. The number of fused-ring (bicyclic) bond motifs is 1. The second-order valence-corrected chi connectivity index (χ2v) is 6.27. The lowest BCUT2D eigenvalue weighted by atomic mass is 10.1. The molecule has 0 saturated heterocycles. The van der Waals surface area contributed by atoms with Gasteiger partial charge in [-0.1, -0.05) is 11.6 Å². The summed E-state index contributed by atoms with van der Waals surface area (Å²) in [7, 11) is -3.24. The molecule has 0 spiro atoms. The number of aliphatic hydroxyl groups is 1. The molecule has 0 aromatic heterocycles. The van der Waals surface area contributed by atoms with Gasteiger partial charge in [0.2, 0.25) is 0 Å². The Morgan fingerprint density at radius 2 is 2.20 bits per heavy atom. The lowest BCUT2D eigenvalue weighted by Gasteiger charge is -2.05. The van der Waals surface area contributed by atoms with Gasteiger partial charge in [-0.2, -0.15) is 0 Å². The minimum Gasteiger partial charge on any atom is -0.396 e. The molecular weight excluding hydrogens is 236 g/mol. The monoisotopic (exact) mass is 246 g/mol. The minimum absolute atomic E-state index is 0.106. The number of aliphatic hydroxyl groups excluding tert-OH is 1. The predicted octanol–water partition coefficient (Wildman–Crippen LogP) is 1.42. The highest BCUT2D eigenvalue weighted by atomic mass is 35.5. The van der Waals surface area contributed by atoms with Gasteiger partial charge in [0.15, 0.2) is 9.84 Å². The first-order valence-electron chi connectivity index (χ1n) is 4.69. The van der Waals surface area contributed by atoms with Crippen LogP contribution in [0, 0.1) is 0 Å². The zero-order chi connectivity index (χ0) is 11.1. The first-order chi connectivity index (χ1) is 7.05. The summed E-state index contributed by atoms with van der Waals surface area (Å²) in [5, 5.41) is 8.86. The Labute approximate surface area is 93.6 Å². The van der Waals surface area contributed by atoms with E-state index >= 15 is 0 Å². The molecule has 1 aromatic carbocycles. The molecule has 15 heavy (non-hydrogen) atoms. The van der Waals surface area contributed by atoms with E-state index in [4.69, 9.17) is 16.7 Å². The van der Waals surface area contributed by atoms with Crippen molar-refractivity contribution in [2.24, 2.45) is 0 Å². The summed E-state index contributed by atoms with van der Waals surface area (Å²) in [6, 6.07) is 4.81. The van der Waals surface area contributed by atoms with Gasteiger partial charge in [-0.15, -0.1) is 0 Å². The normalized spacial score (nSPS) is 22.7. The van der Waals surface area contributed by atoms with E-state index in [1.54, 1.807) is 18.2 Å². The third-order valence-electron chi connectivity index (χ3n) is 2.67. The number of halogens is 1. The van der Waals surface area contributed by atoms with Gasteiger partial charge in [-0.05, 0) is 36.6 Å². The molecule has 1 aromatic rings. The molecule has 0 bridgehead atoms. The molecule has 0 aliphatic carbocycles. The van der Waals surface area contributed by atoms with Crippen molar-refractivity contribution in [1.29, 1.82) is 0 Å². The van der Waals surface area contributed by atoms with E-state index in [1.807, 2.05) is 0 Å². The Balaban J connectivity index is 2.48.